The molecule has 1 aliphatic rings. The monoisotopic (exact) mass is 338 g/mol. The van der Waals surface area contributed by atoms with Crippen LogP contribution in [0.15, 0.2) is 60.7 Å². The Morgan fingerprint density at radius 1 is 1.12 bits per heavy atom. The van der Waals surface area contributed by atoms with E-state index in [1.54, 1.807) is 17.0 Å². The van der Waals surface area contributed by atoms with E-state index < -0.39 is 4.92 Å². The second-order valence-electron chi connectivity index (χ2n) is 5.70. The number of nitro benzene ring substituents is 1. The Kier molecular flexibility index (Phi) is 5.09. The third-order valence-corrected chi connectivity index (χ3v) is 4.12. The smallest absolute Gasteiger partial charge is 0.310 e. The van der Waals surface area contributed by atoms with Crippen LogP contribution in [0.25, 0.3) is 5.57 Å². The van der Waals surface area contributed by atoms with E-state index >= 15 is 0 Å². The van der Waals surface area contributed by atoms with Crippen molar-refractivity contribution in [2.45, 2.75) is 6.42 Å². The van der Waals surface area contributed by atoms with Crippen molar-refractivity contribution in [2.24, 2.45) is 0 Å². The summed E-state index contributed by atoms with van der Waals surface area (Å²) >= 11 is 0. The number of carbonyl (C=O) groups excluding carboxylic acids is 1. The lowest BCUT2D eigenvalue weighted by Gasteiger charge is -2.26. The number of ether oxygens (including phenoxy) is 1. The number of para-hydroxylation sites is 2. The van der Waals surface area contributed by atoms with Gasteiger partial charge in [-0.05, 0) is 23.6 Å². The molecule has 25 heavy (non-hydrogen) atoms. The van der Waals surface area contributed by atoms with Gasteiger partial charge in [0.25, 0.3) is 5.91 Å². The van der Waals surface area contributed by atoms with Gasteiger partial charge in [0.15, 0.2) is 12.4 Å². The molecule has 0 N–H and O–H groups in total. The topological polar surface area (TPSA) is 72.7 Å². The molecule has 0 aliphatic carbocycles. The summed E-state index contributed by atoms with van der Waals surface area (Å²) in [4.78, 5) is 24.4. The fourth-order valence-corrected chi connectivity index (χ4v) is 2.77. The van der Waals surface area contributed by atoms with Crippen molar-refractivity contribution in [1.29, 1.82) is 0 Å². The largest absolute Gasteiger partial charge is 0.477 e. The van der Waals surface area contributed by atoms with Crippen LogP contribution in [-0.2, 0) is 4.79 Å². The highest BCUT2D eigenvalue weighted by Gasteiger charge is 2.20. The van der Waals surface area contributed by atoms with E-state index in [1.807, 2.05) is 24.3 Å². The number of nitro groups is 1. The minimum atomic E-state index is -0.518. The zero-order valence-electron chi connectivity index (χ0n) is 13.6. The standard InChI is InChI=1S/C19H18N2O4/c22-19(14-25-18-9-5-4-8-17(18)21(23)24)20-12-10-16(11-13-20)15-6-2-1-3-7-15/h1-10H,11-14H2. The molecule has 1 heterocycles. The maximum Gasteiger partial charge on any atom is 0.310 e. The second kappa shape index (κ2) is 7.61. The van der Waals surface area contributed by atoms with Crippen molar-refractivity contribution in [1.82, 2.24) is 4.90 Å². The molecule has 2 aromatic carbocycles. The van der Waals surface area contributed by atoms with Crippen molar-refractivity contribution >= 4 is 17.2 Å². The summed E-state index contributed by atoms with van der Waals surface area (Å²) in [5, 5.41) is 11.0. The van der Waals surface area contributed by atoms with Crippen molar-refractivity contribution < 1.29 is 14.5 Å². The van der Waals surface area contributed by atoms with Crippen LogP contribution in [0.3, 0.4) is 0 Å². The first kappa shape index (κ1) is 16.7. The van der Waals surface area contributed by atoms with Gasteiger partial charge in [-0.2, -0.15) is 0 Å². The van der Waals surface area contributed by atoms with Crippen LogP contribution in [0.5, 0.6) is 5.75 Å². The fourth-order valence-electron chi connectivity index (χ4n) is 2.77. The first-order chi connectivity index (χ1) is 12.1. The van der Waals surface area contributed by atoms with Gasteiger partial charge in [-0.15, -0.1) is 0 Å². The van der Waals surface area contributed by atoms with Crippen LogP contribution in [-0.4, -0.2) is 35.4 Å². The first-order valence-electron chi connectivity index (χ1n) is 8.03. The highest BCUT2D eigenvalue weighted by Crippen LogP contribution is 2.26. The summed E-state index contributed by atoms with van der Waals surface area (Å²) < 4.78 is 5.37. The SMILES string of the molecule is O=C(COc1ccccc1[N+](=O)[O-])N1CC=C(c2ccccc2)CC1. The molecule has 0 unspecified atom stereocenters. The number of benzene rings is 2. The molecule has 0 fully saturated rings. The number of hydrogen-bond acceptors (Lipinski definition) is 4. The van der Waals surface area contributed by atoms with Crippen molar-refractivity contribution in [3.63, 3.8) is 0 Å². The lowest BCUT2D eigenvalue weighted by Crippen LogP contribution is -2.37. The molecule has 1 amide bonds. The Morgan fingerprint density at radius 2 is 1.84 bits per heavy atom. The molecule has 0 aromatic heterocycles. The molecule has 6 nitrogen and oxygen atoms in total. The van der Waals surface area contributed by atoms with E-state index in [0.717, 1.165) is 6.42 Å². The van der Waals surface area contributed by atoms with Crippen LogP contribution in [0.4, 0.5) is 5.69 Å². The Hall–Kier alpha value is -3.15. The minimum absolute atomic E-state index is 0.110. The molecule has 3 rings (SSSR count). The lowest BCUT2D eigenvalue weighted by atomic mass is 10.00. The van der Waals surface area contributed by atoms with Gasteiger partial charge in [0.2, 0.25) is 0 Å². The maximum atomic E-state index is 12.3. The molecule has 1 aliphatic heterocycles. The van der Waals surface area contributed by atoms with Gasteiger partial charge in [-0.25, -0.2) is 0 Å². The van der Waals surface area contributed by atoms with E-state index in [2.05, 4.69) is 12.1 Å². The van der Waals surface area contributed by atoms with E-state index in [-0.39, 0.29) is 24.0 Å². The summed E-state index contributed by atoms with van der Waals surface area (Å²) in [5.41, 5.74) is 2.26. The highest BCUT2D eigenvalue weighted by molar-refractivity contribution is 5.79. The molecule has 0 atom stereocenters. The zero-order chi connectivity index (χ0) is 17.6. The van der Waals surface area contributed by atoms with E-state index in [1.165, 1.54) is 23.3 Å². The highest BCUT2D eigenvalue weighted by atomic mass is 16.6. The molecule has 0 saturated carbocycles. The summed E-state index contributed by atoms with van der Waals surface area (Å²) in [6.07, 6.45) is 2.82. The lowest BCUT2D eigenvalue weighted by molar-refractivity contribution is -0.385. The molecule has 6 heteroatoms. The van der Waals surface area contributed by atoms with Crippen molar-refractivity contribution in [3.8, 4) is 5.75 Å². The number of rotatable bonds is 5. The predicted octanol–water partition coefficient (Wildman–Crippen LogP) is 3.29. The Bertz CT molecular complexity index is 802. The quantitative estimate of drug-likeness (QED) is 0.619. The first-order valence-corrected chi connectivity index (χ1v) is 8.03. The van der Waals surface area contributed by atoms with Gasteiger partial charge < -0.3 is 9.64 Å². The predicted molar refractivity (Wildman–Crippen MR) is 94.2 cm³/mol. The van der Waals surface area contributed by atoms with Gasteiger partial charge in [0.1, 0.15) is 0 Å². The molecule has 0 radical (unpaired) electrons. The minimum Gasteiger partial charge on any atom is -0.477 e. The summed E-state index contributed by atoms with van der Waals surface area (Å²) in [7, 11) is 0. The maximum absolute atomic E-state index is 12.3. The zero-order valence-corrected chi connectivity index (χ0v) is 13.6. The van der Waals surface area contributed by atoms with Crippen LogP contribution < -0.4 is 4.74 Å². The second-order valence-corrected chi connectivity index (χ2v) is 5.70. The number of carbonyl (C=O) groups is 1. The molecule has 0 bridgehead atoms. The van der Waals surface area contributed by atoms with Crippen molar-refractivity contribution in [3.05, 3.63) is 76.4 Å². The van der Waals surface area contributed by atoms with Crippen LogP contribution >= 0.6 is 0 Å². The third-order valence-electron chi connectivity index (χ3n) is 4.12. The molecular formula is C19H18N2O4. The van der Waals surface area contributed by atoms with Gasteiger partial charge in [0, 0.05) is 19.2 Å². The number of hydrogen-bond donors (Lipinski definition) is 0. The van der Waals surface area contributed by atoms with Gasteiger partial charge >= 0.3 is 5.69 Å². The molecule has 0 saturated heterocycles. The Labute approximate surface area is 145 Å². The summed E-state index contributed by atoms with van der Waals surface area (Å²) in [6.45, 7) is 0.919. The van der Waals surface area contributed by atoms with Gasteiger partial charge in [-0.3, -0.25) is 14.9 Å². The van der Waals surface area contributed by atoms with Crippen molar-refractivity contribution in [2.75, 3.05) is 19.7 Å². The normalized spacial score (nSPS) is 13.9. The van der Waals surface area contributed by atoms with Crippen LogP contribution in [0.2, 0.25) is 0 Å². The van der Waals surface area contributed by atoms with Gasteiger partial charge in [0.05, 0.1) is 4.92 Å². The third kappa shape index (κ3) is 4.03. The van der Waals surface area contributed by atoms with Crippen LogP contribution in [0, 0.1) is 10.1 Å². The fraction of sp³-hybridized carbons (Fsp3) is 0.211. The molecule has 0 spiro atoms. The Balaban J connectivity index is 1.59. The average Bonchev–Trinajstić information content (AvgIpc) is 2.67. The van der Waals surface area contributed by atoms with Crippen LogP contribution in [0.1, 0.15) is 12.0 Å². The summed E-state index contributed by atoms with van der Waals surface area (Å²) in [6, 6.07) is 16.1. The molecule has 2 aromatic rings. The van der Waals surface area contributed by atoms with Gasteiger partial charge in [-0.1, -0.05) is 48.5 Å². The van der Waals surface area contributed by atoms with E-state index in [0.29, 0.717) is 13.1 Å². The van der Waals surface area contributed by atoms with E-state index in [4.69, 9.17) is 4.74 Å². The average molecular weight is 338 g/mol. The number of amides is 1. The van der Waals surface area contributed by atoms with E-state index in [9.17, 15) is 14.9 Å². The summed E-state index contributed by atoms with van der Waals surface area (Å²) in [5.74, 6) is -0.0695. The molecular weight excluding hydrogens is 320 g/mol. The number of nitrogens with zero attached hydrogens (tertiary/aromatic N) is 2. The Morgan fingerprint density at radius 3 is 2.52 bits per heavy atom. The molecule has 128 valence electrons.